The van der Waals surface area contributed by atoms with E-state index < -0.39 is 0 Å². The van der Waals surface area contributed by atoms with E-state index in [0.717, 1.165) is 16.6 Å². The maximum Gasteiger partial charge on any atom is 0.224 e. The van der Waals surface area contributed by atoms with Crippen LogP contribution in [0.5, 0.6) is 0 Å². The van der Waals surface area contributed by atoms with Crippen LogP contribution in [0.2, 0.25) is 5.28 Å². The van der Waals surface area contributed by atoms with Gasteiger partial charge in [-0.25, -0.2) is 9.97 Å². The summed E-state index contributed by atoms with van der Waals surface area (Å²) in [6.07, 6.45) is 3.37. The van der Waals surface area contributed by atoms with Gasteiger partial charge in [0.25, 0.3) is 0 Å². The third-order valence-electron chi connectivity index (χ3n) is 2.52. The highest BCUT2D eigenvalue weighted by molar-refractivity contribution is 6.28. The second-order valence-electron chi connectivity index (χ2n) is 3.72. The second-order valence-corrected chi connectivity index (χ2v) is 4.05. The summed E-state index contributed by atoms with van der Waals surface area (Å²) in [5.41, 5.74) is 1.79. The van der Waals surface area contributed by atoms with Crippen molar-refractivity contribution in [3.05, 3.63) is 54.1 Å². The molecule has 2 heterocycles. The lowest BCUT2D eigenvalue weighted by Crippen LogP contribution is -1.96. The Kier molecular flexibility index (Phi) is 2.78. The number of rotatable bonds is 2. The SMILES string of the molecule is Clc1nccc(Nc2cccc3cccnc23)n1. The Bertz CT molecular complexity index is 694. The van der Waals surface area contributed by atoms with Gasteiger partial charge in [0.05, 0.1) is 11.2 Å². The first-order valence-corrected chi connectivity index (χ1v) is 5.80. The maximum atomic E-state index is 5.75. The van der Waals surface area contributed by atoms with Gasteiger partial charge in [-0.1, -0.05) is 18.2 Å². The third kappa shape index (κ3) is 2.10. The van der Waals surface area contributed by atoms with Crippen LogP contribution in [0.3, 0.4) is 0 Å². The fourth-order valence-electron chi connectivity index (χ4n) is 1.75. The van der Waals surface area contributed by atoms with Crippen LogP contribution in [0.25, 0.3) is 10.9 Å². The molecule has 5 heteroatoms. The Morgan fingerprint density at radius 3 is 2.72 bits per heavy atom. The molecule has 1 N–H and O–H groups in total. The van der Waals surface area contributed by atoms with E-state index in [0.29, 0.717) is 5.82 Å². The molecular formula is C13H9ClN4. The van der Waals surface area contributed by atoms with Gasteiger partial charge in [0.15, 0.2) is 0 Å². The molecule has 0 atom stereocenters. The minimum atomic E-state index is 0.216. The Labute approximate surface area is 109 Å². The summed E-state index contributed by atoms with van der Waals surface area (Å²) in [4.78, 5) is 12.3. The molecular weight excluding hydrogens is 248 g/mol. The van der Waals surface area contributed by atoms with E-state index in [2.05, 4.69) is 20.3 Å². The second kappa shape index (κ2) is 4.58. The lowest BCUT2D eigenvalue weighted by molar-refractivity contribution is 1.17. The van der Waals surface area contributed by atoms with Crippen molar-refractivity contribution in [3.8, 4) is 0 Å². The molecule has 18 heavy (non-hydrogen) atoms. The predicted octanol–water partition coefficient (Wildman–Crippen LogP) is 3.42. The maximum absolute atomic E-state index is 5.75. The fraction of sp³-hybridized carbons (Fsp3) is 0. The van der Waals surface area contributed by atoms with Crippen molar-refractivity contribution in [1.29, 1.82) is 0 Å². The molecule has 0 unspecified atom stereocenters. The standard InChI is InChI=1S/C13H9ClN4/c14-13-16-8-6-11(18-13)17-10-5-1-3-9-4-2-7-15-12(9)10/h1-8H,(H,16,17,18). The summed E-state index contributed by atoms with van der Waals surface area (Å²) in [5.74, 6) is 0.646. The summed E-state index contributed by atoms with van der Waals surface area (Å²) < 4.78 is 0. The highest BCUT2D eigenvalue weighted by Gasteiger charge is 2.03. The van der Waals surface area contributed by atoms with Crippen LogP contribution in [0, 0.1) is 0 Å². The summed E-state index contributed by atoms with van der Waals surface area (Å²) in [7, 11) is 0. The Morgan fingerprint density at radius 2 is 1.83 bits per heavy atom. The predicted molar refractivity (Wildman–Crippen MR) is 72.1 cm³/mol. The van der Waals surface area contributed by atoms with Crippen LogP contribution in [-0.4, -0.2) is 15.0 Å². The lowest BCUT2D eigenvalue weighted by Gasteiger charge is -2.07. The molecule has 0 bridgehead atoms. The van der Waals surface area contributed by atoms with Crippen molar-refractivity contribution in [2.24, 2.45) is 0 Å². The summed E-state index contributed by atoms with van der Waals surface area (Å²) in [5, 5.41) is 4.48. The molecule has 0 aliphatic carbocycles. The third-order valence-corrected chi connectivity index (χ3v) is 2.70. The molecule has 0 radical (unpaired) electrons. The molecule has 3 rings (SSSR count). The normalized spacial score (nSPS) is 10.5. The number of fused-ring (bicyclic) bond motifs is 1. The van der Waals surface area contributed by atoms with Crippen molar-refractivity contribution in [3.63, 3.8) is 0 Å². The minimum absolute atomic E-state index is 0.216. The molecule has 3 aromatic rings. The summed E-state index contributed by atoms with van der Waals surface area (Å²) in [6.45, 7) is 0. The quantitative estimate of drug-likeness (QED) is 0.714. The Balaban J connectivity index is 2.05. The Morgan fingerprint density at radius 1 is 0.944 bits per heavy atom. The van der Waals surface area contributed by atoms with E-state index in [9.17, 15) is 0 Å². The Hall–Kier alpha value is -2.20. The number of hydrogen-bond acceptors (Lipinski definition) is 4. The smallest absolute Gasteiger partial charge is 0.224 e. The average molecular weight is 257 g/mol. The van der Waals surface area contributed by atoms with Crippen LogP contribution < -0.4 is 5.32 Å². The average Bonchev–Trinajstić information content (AvgIpc) is 2.39. The molecule has 0 amide bonds. The van der Waals surface area contributed by atoms with Crippen LogP contribution in [-0.2, 0) is 0 Å². The van der Waals surface area contributed by atoms with E-state index in [1.807, 2.05) is 30.3 Å². The van der Waals surface area contributed by atoms with Gasteiger partial charge in [-0.15, -0.1) is 0 Å². The van der Waals surface area contributed by atoms with Gasteiger partial charge in [-0.05, 0) is 29.8 Å². The number of pyridine rings is 1. The molecule has 0 aliphatic heterocycles. The molecule has 0 fully saturated rings. The van der Waals surface area contributed by atoms with Crippen molar-refractivity contribution in [2.75, 3.05) is 5.32 Å². The minimum Gasteiger partial charge on any atom is -0.338 e. The molecule has 2 aromatic heterocycles. The number of hydrogen-bond donors (Lipinski definition) is 1. The molecule has 88 valence electrons. The number of halogens is 1. The summed E-state index contributed by atoms with van der Waals surface area (Å²) in [6, 6.07) is 11.6. The number of anilines is 2. The van der Waals surface area contributed by atoms with Crippen molar-refractivity contribution in [1.82, 2.24) is 15.0 Å². The topological polar surface area (TPSA) is 50.7 Å². The first-order chi connectivity index (χ1) is 8.83. The van der Waals surface area contributed by atoms with Crippen LogP contribution in [0.1, 0.15) is 0 Å². The number of para-hydroxylation sites is 1. The zero-order valence-corrected chi connectivity index (χ0v) is 10.1. The van der Waals surface area contributed by atoms with E-state index in [1.165, 1.54) is 0 Å². The molecule has 0 saturated carbocycles. The van der Waals surface area contributed by atoms with Crippen LogP contribution in [0.4, 0.5) is 11.5 Å². The number of nitrogens with zero attached hydrogens (tertiary/aromatic N) is 3. The highest BCUT2D eigenvalue weighted by Crippen LogP contribution is 2.23. The highest BCUT2D eigenvalue weighted by atomic mass is 35.5. The zero-order chi connectivity index (χ0) is 12.4. The number of benzene rings is 1. The lowest BCUT2D eigenvalue weighted by atomic mass is 10.2. The van der Waals surface area contributed by atoms with E-state index in [-0.39, 0.29) is 5.28 Å². The van der Waals surface area contributed by atoms with Gasteiger partial charge < -0.3 is 5.32 Å². The summed E-state index contributed by atoms with van der Waals surface area (Å²) >= 11 is 5.75. The number of aromatic nitrogens is 3. The van der Waals surface area contributed by atoms with Gasteiger partial charge in [0.1, 0.15) is 5.82 Å². The largest absolute Gasteiger partial charge is 0.338 e. The monoisotopic (exact) mass is 256 g/mol. The van der Waals surface area contributed by atoms with E-state index in [1.54, 1.807) is 18.5 Å². The van der Waals surface area contributed by atoms with Gasteiger partial charge in [-0.3, -0.25) is 4.98 Å². The molecule has 0 aliphatic rings. The van der Waals surface area contributed by atoms with Crippen molar-refractivity contribution >= 4 is 34.0 Å². The van der Waals surface area contributed by atoms with Crippen molar-refractivity contribution in [2.45, 2.75) is 0 Å². The van der Waals surface area contributed by atoms with Gasteiger partial charge in [0, 0.05) is 17.8 Å². The molecule has 0 spiro atoms. The molecule has 4 nitrogen and oxygen atoms in total. The van der Waals surface area contributed by atoms with Crippen LogP contribution >= 0.6 is 11.6 Å². The number of nitrogens with one attached hydrogen (secondary N) is 1. The fourth-order valence-corrected chi connectivity index (χ4v) is 1.89. The molecule has 0 saturated heterocycles. The van der Waals surface area contributed by atoms with E-state index in [4.69, 9.17) is 11.6 Å². The van der Waals surface area contributed by atoms with Crippen molar-refractivity contribution < 1.29 is 0 Å². The van der Waals surface area contributed by atoms with Crippen LogP contribution in [0.15, 0.2) is 48.8 Å². The zero-order valence-electron chi connectivity index (χ0n) is 9.34. The molecule has 1 aromatic carbocycles. The first-order valence-electron chi connectivity index (χ1n) is 5.42. The van der Waals surface area contributed by atoms with Gasteiger partial charge in [0.2, 0.25) is 5.28 Å². The van der Waals surface area contributed by atoms with Gasteiger partial charge in [-0.2, -0.15) is 0 Å². The first kappa shape index (κ1) is 10.9. The van der Waals surface area contributed by atoms with E-state index >= 15 is 0 Å². The van der Waals surface area contributed by atoms with Gasteiger partial charge >= 0.3 is 0 Å².